The van der Waals surface area contributed by atoms with E-state index < -0.39 is 11.9 Å². The maximum Gasteiger partial charge on any atom is 0.333 e. The number of nitrogens with zero attached hydrogens (tertiary/aromatic N) is 1. The second kappa shape index (κ2) is 5.91. The van der Waals surface area contributed by atoms with Gasteiger partial charge in [-0.05, 0) is 24.3 Å². The van der Waals surface area contributed by atoms with E-state index in [0.717, 1.165) is 5.01 Å². The zero-order valence-electron chi connectivity index (χ0n) is 9.02. The topological polar surface area (TPSA) is 75.4 Å². The van der Waals surface area contributed by atoms with Crippen LogP contribution in [0.5, 0.6) is 0 Å². The first-order valence-electron chi connectivity index (χ1n) is 4.79. The molecule has 90 valence electrons. The van der Waals surface area contributed by atoms with Crippen molar-refractivity contribution in [3.8, 4) is 0 Å². The second-order valence-corrected chi connectivity index (χ2v) is 3.62. The Morgan fingerprint density at radius 2 is 2.00 bits per heavy atom. The van der Waals surface area contributed by atoms with Gasteiger partial charge in [0.2, 0.25) is 0 Å². The maximum absolute atomic E-state index is 11.7. The fourth-order valence-corrected chi connectivity index (χ4v) is 1.23. The fourth-order valence-electron chi connectivity index (χ4n) is 1.11. The zero-order chi connectivity index (χ0) is 12.8. The summed E-state index contributed by atoms with van der Waals surface area (Å²) in [6.07, 6.45) is 1.45. The smallest absolute Gasteiger partial charge is 0.333 e. The molecule has 3 N–H and O–H groups in total. The highest BCUT2D eigenvalue weighted by Gasteiger charge is 2.12. The Morgan fingerprint density at radius 1 is 1.41 bits per heavy atom. The summed E-state index contributed by atoms with van der Waals surface area (Å²) in [5, 5.41) is 1.49. The lowest BCUT2D eigenvalue weighted by Crippen LogP contribution is -2.48. The molecule has 1 rings (SSSR count). The van der Waals surface area contributed by atoms with Gasteiger partial charge in [0.25, 0.3) is 5.91 Å². The quantitative estimate of drug-likeness (QED) is 0.633. The molecular formula is C11H12ClN3O2. The number of primary amides is 1. The van der Waals surface area contributed by atoms with Crippen molar-refractivity contribution in [2.75, 3.05) is 6.54 Å². The highest BCUT2D eigenvalue weighted by molar-refractivity contribution is 6.30. The van der Waals surface area contributed by atoms with Crippen LogP contribution in [0.15, 0.2) is 36.9 Å². The van der Waals surface area contributed by atoms with Gasteiger partial charge in [-0.3, -0.25) is 10.2 Å². The lowest BCUT2D eigenvalue weighted by molar-refractivity contribution is 0.0845. The van der Waals surface area contributed by atoms with Crippen LogP contribution in [0.4, 0.5) is 4.79 Å². The summed E-state index contributed by atoms with van der Waals surface area (Å²) in [4.78, 5) is 22.7. The van der Waals surface area contributed by atoms with E-state index in [4.69, 9.17) is 17.3 Å². The highest BCUT2D eigenvalue weighted by Crippen LogP contribution is 2.09. The van der Waals surface area contributed by atoms with Crippen molar-refractivity contribution in [3.05, 3.63) is 47.5 Å². The molecule has 0 aromatic heterocycles. The third kappa shape index (κ3) is 3.81. The summed E-state index contributed by atoms with van der Waals surface area (Å²) in [5.74, 6) is -0.442. The molecule has 0 aliphatic rings. The van der Waals surface area contributed by atoms with E-state index in [0.29, 0.717) is 10.6 Å². The van der Waals surface area contributed by atoms with E-state index in [9.17, 15) is 9.59 Å². The Morgan fingerprint density at radius 3 is 2.47 bits per heavy atom. The van der Waals surface area contributed by atoms with Crippen LogP contribution in [-0.2, 0) is 0 Å². The molecule has 17 heavy (non-hydrogen) atoms. The number of nitrogens with two attached hydrogens (primary N) is 1. The Balaban J connectivity index is 2.73. The number of hydrogen-bond acceptors (Lipinski definition) is 2. The van der Waals surface area contributed by atoms with E-state index in [1.807, 2.05) is 0 Å². The lowest BCUT2D eigenvalue weighted by Gasteiger charge is -2.19. The standard InChI is InChI=1S/C11H12ClN3O2/c1-2-7-15(11(13)17)14-10(16)8-3-5-9(12)6-4-8/h2-6H,1,7H2,(H2,13,17)(H,14,16). The molecule has 3 amide bonds. The molecule has 0 saturated heterocycles. The van der Waals surface area contributed by atoms with Gasteiger partial charge in [-0.15, -0.1) is 6.58 Å². The number of amides is 3. The third-order valence-corrected chi connectivity index (χ3v) is 2.17. The molecule has 6 heteroatoms. The van der Waals surface area contributed by atoms with E-state index >= 15 is 0 Å². The Bertz CT molecular complexity index is 431. The molecule has 1 aromatic rings. The van der Waals surface area contributed by atoms with Gasteiger partial charge in [0.05, 0.1) is 6.54 Å². The van der Waals surface area contributed by atoms with Crippen LogP contribution in [0.1, 0.15) is 10.4 Å². The number of carbonyl (C=O) groups is 2. The monoisotopic (exact) mass is 253 g/mol. The fraction of sp³-hybridized carbons (Fsp3) is 0.0909. The minimum atomic E-state index is -0.757. The molecule has 0 saturated carbocycles. The average molecular weight is 254 g/mol. The molecule has 0 unspecified atom stereocenters. The number of hydrogen-bond donors (Lipinski definition) is 2. The van der Waals surface area contributed by atoms with Gasteiger partial charge in [0.15, 0.2) is 0 Å². The first-order chi connectivity index (χ1) is 8.04. The van der Waals surface area contributed by atoms with Crippen LogP contribution in [0.3, 0.4) is 0 Å². The van der Waals surface area contributed by atoms with Crippen LogP contribution < -0.4 is 11.2 Å². The zero-order valence-corrected chi connectivity index (χ0v) is 9.78. The first-order valence-corrected chi connectivity index (χ1v) is 5.17. The molecule has 5 nitrogen and oxygen atoms in total. The van der Waals surface area contributed by atoms with E-state index in [-0.39, 0.29) is 6.54 Å². The molecule has 0 heterocycles. The largest absolute Gasteiger partial charge is 0.350 e. The van der Waals surface area contributed by atoms with Gasteiger partial charge in [0, 0.05) is 10.6 Å². The molecule has 0 atom stereocenters. The van der Waals surface area contributed by atoms with Gasteiger partial charge >= 0.3 is 6.03 Å². The van der Waals surface area contributed by atoms with Gasteiger partial charge in [-0.1, -0.05) is 17.7 Å². The van der Waals surface area contributed by atoms with Crippen molar-refractivity contribution >= 4 is 23.5 Å². The van der Waals surface area contributed by atoms with Crippen molar-refractivity contribution in [3.63, 3.8) is 0 Å². The minimum absolute atomic E-state index is 0.134. The van der Waals surface area contributed by atoms with Crippen LogP contribution in [0.2, 0.25) is 5.02 Å². The van der Waals surface area contributed by atoms with Gasteiger partial charge in [0.1, 0.15) is 0 Å². The number of carbonyl (C=O) groups excluding carboxylic acids is 2. The Kier molecular flexibility index (Phi) is 4.54. The minimum Gasteiger partial charge on any atom is -0.350 e. The Hall–Kier alpha value is -2.01. The van der Waals surface area contributed by atoms with Crippen LogP contribution >= 0.6 is 11.6 Å². The molecule has 0 aliphatic heterocycles. The molecule has 0 fully saturated rings. The maximum atomic E-state index is 11.7. The number of hydrazine groups is 1. The first kappa shape index (κ1) is 13.1. The van der Waals surface area contributed by atoms with Crippen LogP contribution in [0, 0.1) is 0 Å². The van der Waals surface area contributed by atoms with Crippen molar-refractivity contribution < 1.29 is 9.59 Å². The van der Waals surface area contributed by atoms with E-state index in [2.05, 4.69) is 12.0 Å². The molecular weight excluding hydrogens is 242 g/mol. The number of halogens is 1. The van der Waals surface area contributed by atoms with Crippen LogP contribution in [-0.4, -0.2) is 23.5 Å². The summed E-state index contributed by atoms with van der Waals surface area (Å²) in [7, 11) is 0. The van der Waals surface area contributed by atoms with Crippen molar-refractivity contribution in [2.45, 2.75) is 0 Å². The number of rotatable bonds is 3. The molecule has 0 radical (unpaired) electrons. The highest BCUT2D eigenvalue weighted by atomic mass is 35.5. The molecule has 0 bridgehead atoms. The number of urea groups is 1. The second-order valence-electron chi connectivity index (χ2n) is 3.19. The summed E-state index contributed by atoms with van der Waals surface area (Å²) in [5.41, 5.74) is 7.81. The molecule has 1 aromatic carbocycles. The molecule has 0 aliphatic carbocycles. The Labute approximate surface area is 104 Å². The lowest BCUT2D eigenvalue weighted by atomic mass is 10.2. The third-order valence-electron chi connectivity index (χ3n) is 1.92. The number of benzene rings is 1. The van der Waals surface area contributed by atoms with E-state index in [1.165, 1.54) is 6.08 Å². The average Bonchev–Trinajstić information content (AvgIpc) is 2.29. The summed E-state index contributed by atoms with van der Waals surface area (Å²) >= 11 is 5.69. The van der Waals surface area contributed by atoms with Crippen molar-refractivity contribution in [1.29, 1.82) is 0 Å². The normalized spacial score (nSPS) is 9.47. The van der Waals surface area contributed by atoms with Crippen molar-refractivity contribution in [2.24, 2.45) is 5.73 Å². The van der Waals surface area contributed by atoms with Crippen LogP contribution in [0.25, 0.3) is 0 Å². The predicted octanol–water partition coefficient (Wildman–Crippen LogP) is 1.55. The molecule has 0 spiro atoms. The van der Waals surface area contributed by atoms with Gasteiger partial charge < -0.3 is 5.73 Å². The summed E-state index contributed by atoms with van der Waals surface area (Å²) < 4.78 is 0. The number of nitrogens with one attached hydrogen (secondary N) is 1. The van der Waals surface area contributed by atoms with Crippen molar-refractivity contribution in [1.82, 2.24) is 10.4 Å². The predicted molar refractivity (Wildman–Crippen MR) is 65.4 cm³/mol. The summed E-state index contributed by atoms with van der Waals surface area (Å²) in [6, 6.07) is 5.50. The van der Waals surface area contributed by atoms with Gasteiger partial charge in [-0.25, -0.2) is 9.80 Å². The SMILES string of the molecule is C=CCN(NC(=O)c1ccc(Cl)cc1)C(N)=O. The van der Waals surface area contributed by atoms with E-state index in [1.54, 1.807) is 24.3 Å². The van der Waals surface area contributed by atoms with Gasteiger partial charge in [-0.2, -0.15) is 0 Å². The summed E-state index contributed by atoms with van der Waals surface area (Å²) in [6.45, 7) is 3.59.